The van der Waals surface area contributed by atoms with Crippen LogP contribution < -0.4 is 0 Å². The smallest absolute Gasteiger partial charge is 0.0853 e. The third-order valence-electron chi connectivity index (χ3n) is 3.32. The number of nitrogens with zero attached hydrogens (tertiary/aromatic N) is 2. The lowest BCUT2D eigenvalue weighted by atomic mass is 9.96. The van der Waals surface area contributed by atoms with Crippen molar-refractivity contribution in [3.63, 3.8) is 0 Å². The molecule has 1 aliphatic carbocycles. The van der Waals surface area contributed by atoms with Gasteiger partial charge >= 0.3 is 0 Å². The first-order chi connectivity index (χ1) is 8.34. The summed E-state index contributed by atoms with van der Waals surface area (Å²) in [6.07, 6.45) is 8.66. The van der Waals surface area contributed by atoms with Crippen molar-refractivity contribution in [2.75, 3.05) is 7.05 Å². The molecule has 0 aromatic heterocycles. The zero-order valence-electron chi connectivity index (χ0n) is 10.7. The first-order valence-corrected chi connectivity index (χ1v) is 6.62. The van der Waals surface area contributed by atoms with Crippen molar-refractivity contribution >= 4 is 6.34 Å². The highest BCUT2D eigenvalue weighted by atomic mass is 15.1. The van der Waals surface area contributed by atoms with Crippen LogP contribution in [0.1, 0.15) is 37.7 Å². The molecule has 2 rings (SSSR count). The summed E-state index contributed by atoms with van der Waals surface area (Å²) < 4.78 is 0. The van der Waals surface area contributed by atoms with E-state index in [0.717, 1.165) is 6.54 Å². The minimum absolute atomic E-state index is 0.571. The molecule has 0 spiro atoms. The lowest BCUT2D eigenvalue weighted by molar-refractivity contribution is 0.435. The minimum Gasteiger partial charge on any atom is -0.362 e. The number of rotatable bonds is 4. The molecule has 1 aromatic carbocycles. The minimum atomic E-state index is 0.571. The highest BCUT2D eigenvalue weighted by molar-refractivity contribution is 5.54. The molecule has 1 aromatic rings. The summed E-state index contributed by atoms with van der Waals surface area (Å²) in [7, 11) is 2.10. The molecule has 0 bridgehead atoms. The quantitative estimate of drug-likeness (QED) is 0.571. The molecule has 1 aliphatic rings. The van der Waals surface area contributed by atoms with Crippen LogP contribution in [-0.4, -0.2) is 24.3 Å². The fourth-order valence-electron chi connectivity index (χ4n) is 2.35. The monoisotopic (exact) mass is 230 g/mol. The van der Waals surface area contributed by atoms with E-state index < -0.39 is 0 Å². The van der Waals surface area contributed by atoms with Crippen molar-refractivity contribution in [2.24, 2.45) is 4.99 Å². The van der Waals surface area contributed by atoms with Crippen molar-refractivity contribution in [3.05, 3.63) is 35.9 Å². The Hall–Kier alpha value is -1.31. The molecule has 0 aliphatic heterocycles. The molecule has 0 heterocycles. The normalized spacial score (nSPS) is 17.5. The molecule has 0 saturated heterocycles. The van der Waals surface area contributed by atoms with Gasteiger partial charge < -0.3 is 4.90 Å². The van der Waals surface area contributed by atoms with Gasteiger partial charge in [-0.1, -0.05) is 49.6 Å². The van der Waals surface area contributed by atoms with Gasteiger partial charge in [0.15, 0.2) is 0 Å². The summed E-state index contributed by atoms with van der Waals surface area (Å²) >= 11 is 0. The van der Waals surface area contributed by atoms with E-state index in [9.17, 15) is 0 Å². The lowest BCUT2D eigenvalue weighted by Crippen LogP contribution is -2.18. The maximum atomic E-state index is 4.68. The Labute approximate surface area is 104 Å². The third-order valence-corrected chi connectivity index (χ3v) is 3.32. The van der Waals surface area contributed by atoms with Crippen LogP contribution >= 0.6 is 0 Å². The number of hydrogen-bond donors (Lipinski definition) is 0. The molecular formula is C15H22N2. The van der Waals surface area contributed by atoms with Gasteiger partial charge in [-0.3, -0.25) is 4.99 Å². The molecule has 0 amide bonds. The van der Waals surface area contributed by atoms with Crippen molar-refractivity contribution in [3.8, 4) is 0 Å². The fraction of sp³-hybridized carbons (Fsp3) is 0.533. The molecular weight excluding hydrogens is 208 g/mol. The van der Waals surface area contributed by atoms with E-state index in [4.69, 9.17) is 0 Å². The van der Waals surface area contributed by atoms with E-state index >= 15 is 0 Å². The molecule has 0 unspecified atom stereocenters. The summed E-state index contributed by atoms with van der Waals surface area (Å²) in [5, 5.41) is 0. The van der Waals surface area contributed by atoms with Gasteiger partial charge in [-0.15, -0.1) is 0 Å². The Bertz CT molecular complexity index is 339. The zero-order valence-corrected chi connectivity index (χ0v) is 10.7. The molecule has 17 heavy (non-hydrogen) atoms. The Kier molecular flexibility index (Phi) is 4.60. The fourth-order valence-corrected chi connectivity index (χ4v) is 2.35. The summed E-state index contributed by atoms with van der Waals surface area (Å²) in [4.78, 5) is 6.85. The van der Waals surface area contributed by atoms with E-state index in [0.29, 0.717) is 6.04 Å². The Morgan fingerprint density at radius 3 is 2.59 bits per heavy atom. The van der Waals surface area contributed by atoms with Crippen LogP contribution in [0.25, 0.3) is 0 Å². The van der Waals surface area contributed by atoms with Gasteiger partial charge in [0.25, 0.3) is 0 Å². The average Bonchev–Trinajstić information content (AvgIpc) is 2.39. The highest BCUT2D eigenvalue weighted by Gasteiger charge is 2.10. The Morgan fingerprint density at radius 1 is 1.18 bits per heavy atom. The first kappa shape index (κ1) is 12.2. The Balaban J connectivity index is 1.80. The standard InChI is InChI=1S/C15H22N2/c1-17(12-14-8-4-2-5-9-14)13-16-15-10-6-3-7-11-15/h2,4-5,8-9,13,15H,3,6-7,10-12H2,1H3. The summed E-state index contributed by atoms with van der Waals surface area (Å²) in [5.74, 6) is 0. The predicted octanol–water partition coefficient (Wildman–Crippen LogP) is 3.48. The van der Waals surface area contributed by atoms with E-state index in [1.807, 2.05) is 6.34 Å². The first-order valence-electron chi connectivity index (χ1n) is 6.62. The van der Waals surface area contributed by atoms with Crippen LogP contribution in [0.5, 0.6) is 0 Å². The van der Waals surface area contributed by atoms with Gasteiger partial charge in [0.1, 0.15) is 0 Å². The van der Waals surface area contributed by atoms with Crippen LogP contribution in [0.4, 0.5) is 0 Å². The van der Waals surface area contributed by atoms with Crippen molar-refractivity contribution in [1.29, 1.82) is 0 Å². The Morgan fingerprint density at radius 2 is 1.88 bits per heavy atom. The van der Waals surface area contributed by atoms with Gasteiger partial charge in [-0.05, 0) is 18.4 Å². The van der Waals surface area contributed by atoms with Crippen molar-refractivity contribution in [1.82, 2.24) is 4.90 Å². The summed E-state index contributed by atoms with van der Waals surface area (Å²) in [6.45, 7) is 0.942. The number of hydrogen-bond acceptors (Lipinski definition) is 1. The molecule has 2 heteroatoms. The maximum Gasteiger partial charge on any atom is 0.0853 e. The molecule has 0 radical (unpaired) electrons. The SMILES string of the molecule is CN(C=NC1CCCCC1)Cc1ccccc1. The zero-order chi connectivity index (χ0) is 11.9. The predicted molar refractivity (Wildman–Crippen MR) is 73.3 cm³/mol. The van der Waals surface area contributed by atoms with Crippen LogP contribution in [0.3, 0.4) is 0 Å². The van der Waals surface area contributed by atoms with Crippen molar-refractivity contribution in [2.45, 2.75) is 44.7 Å². The second-order valence-corrected chi connectivity index (χ2v) is 4.96. The molecule has 2 nitrogen and oxygen atoms in total. The maximum absolute atomic E-state index is 4.68. The van der Waals surface area contributed by atoms with Gasteiger partial charge in [0.2, 0.25) is 0 Å². The topological polar surface area (TPSA) is 15.6 Å². The van der Waals surface area contributed by atoms with Gasteiger partial charge in [-0.2, -0.15) is 0 Å². The van der Waals surface area contributed by atoms with Crippen molar-refractivity contribution < 1.29 is 0 Å². The third kappa shape index (κ3) is 4.22. The van der Waals surface area contributed by atoms with Crippen LogP contribution in [0.15, 0.2) is 35.3 Å². The number of benzene rings is 1. The molecule has 0 atom stereocenters. The van der Waals surface area contributed by atoms with Crippen LogP contribution in [0, 0.1) is 0 Å². The average molecular weight is 230 g/mol. The second kappa shape index (κ2) is 6.43. The van der Waals surface area contributed by atoms with E-state index in [-0.39, 0.29) is 0 Å². The number of aliphatic imine (C=N–C) groups is 1. The second-order valence-electron chi connectivity index (χ2n) is 4.96. The molecule has 1 fully saturated rings. The van der Waals surface area contributed by atoms with Gasteiger partial charge in [-0.25, -0.2) is 0 Å². The molecule has 0 N–H and O–H groups in total. The van der Waals surface area contributed by atoms with Gasteiger partial charge in [0, 0.05) is 13.6 Å². The summed E-state index contributed by atoms with van der Waals surface area (Å²) in [6, 6.07) is 11.1. The van der Waals surface area contributed by atoms with E-state index in [2.05, 4.69) is 47.3 Å². The van der Waals surface area contributed by atoms with Crippen LogP contribution in [-0.2, 0) is 6.54 Å². The molecule has 1 saturated carbocycles. The molecule has 92 valence electrons. The van der Waals surface area contributed by atoms with E-state index in [1.165, 1.54) is 37.7 Å². The van der Waals surface area contributed by atoms with Gasteiger partial charge in [0.05, 0.1) is 12.4 Å². The summed E-state index contributed by atoms with van der Waals surface area (Å²) in [5.41, 5.74) is 1.34. The van der Waals surface area contributed by atoms with E-state index in [1.54, 1.807) is 0 Å². The highest BCUT2D eigenvalue weighted by Crippen LogP contribution is 2.19. The van der Waals surface area contributed by atoms with Crippen LogP contribution in [0.2, 0.25) is 0 Å². The lowest BCUT2D eigenvalue weighted by Gasteiger charge is -2.19. The largest absolute Gasteiger partial charge is 0.362 e.